The number of piperidine rings is 1. The van der Waals surface area contributed by atoms with Crippen molar-refractivity contribution < 1.29 is 4.79 Å². The number of carbonyl (C=O) groups is 1. The highest BCUT2D eigenvalue weighted by molar-refractivity contribution is 7.99. The molecule has 0 radical (unpaired) electrons. The predicted molar refractivity (Wildman–Crippen MR) is 64.1 cm³/mol. The van der Waals surface area contributed by atoms with E-state index < -0.39 is 0 Å². The smallest absolute Gasteiger partial charge is 0.224 e. The lowest BCUT2D eigenvalue weighted by molar-refractivity contribution is -0.126. The molecule has 0 aromatic heterocycles. The van der Waals surface area contributed by atoms with Gasteiger partial charge in [-0.1, -0.05) is 0 Å². The van der Waals surface area contributed by atoms with Crippen molar-refractivity contribution in [3.8, 4) is 0 Å². The fourth-order valence-corrected chi connectivity index (χ4v) is 3.32. The summed E-state index contributed by atoms with van der Waals surface area (Å²) < 4.78 is 0. The number of hydrogen-bond donors (Lipinski definition) is 2. The van der Waals surface area contributed by atoms with Gasteiger partial charge in [-0.3, -0.25) is 4.79 Å². The van der Waals surface area contributed by atoms with E-state index in [1.807, 2.05) is 11.8 Å². The van der Waals surface area contributed by atoms with Gasteiger partial charge in [-0.15, -0.1) is 0 Å². The third-order valence-corrected chi connectivity index (χ3v) is 4.39. The minimum atomic E-state index is 0.214. The van der Waals surface area contributed by atoms with E-state index in [9.17, 15) is 4.79 Å². The first-order chi connectivity index (χ1) is 7.36. The highest BCUT2D eigenvalue weighted by atomic mass is 32.2. The minimum Gasteiger partial charge on any atom is -0.352 e. The van der Waals surface area contributed by atoms with Crippen LogP contribution < -0.4 is 10.6 Å². The van der Waals surface area contributed by atoms with Gasteiger partial charge >= 0.3 is 0 Å². The maximum atomic E-state index is 11.9. The van der Waals surface area contributed by atoms with Crippen LogP contribution in [0.4, 0.5) is 0 Å². The molecule has 1 amide bonds. The molecular formula is C11H20N2OS. The molecular weight excluding hydrogens is 208 g/mol. The molecule has 0 spiro atoms. The van der Waals surface area contributed by atoms with Gasteiger partial charge in [0.1, 0.15) is 0 Å². The first-order valence-corrected chi connectivity index (χ1v) is 7.10. The molecule has 2 aliphatic heterocycles. The molecule has 3 nitrogen and oxygen atoms in total. The average Bonchev–Trinajstić information content (AvgIpc) is 2.31. The van der Waals surface area contributed by atoms with Crippen molar-refractivity contribution in [2.45, 2.75) is 31.7 Å². The number of rotatable bonds is 2. The summed E-state index contributed by atoms with van der Waals surface area (Å²) in [6.45, 7) is 1.94. The molecule has 2 heterocycles. The van der Waals surface area contributed by atoms with Gasteiger partial charge in [0.25, 0.3) is 0 Å². The summed E-state index contributed by atoms with van der Waals surface area (Å²) in [5, 5.41) is 6.48. The highest BCUT2D eigenvalue weighted by Crippen LogP contribution is 2.18. The Balaban J connectivity index is 1.74. The molecule has 2 saturated heterocycles. The Morgan fingerprint density at radius 3 is 2.93 bits per heavy atom. The summed E-state index contributed by atoms with van der Waals surface area (Å²) in [5.41, 5.74) is 0. The normalized spacial score (nSPS) is 32.3. The maximum absolute atomic E-state index is 11.9. The van der Waals surface area contributed by atoms with Crippen LogP contribution in [0, 0.1) is 5.92 Å². The number of carbonyl (C=O) groups excluding carboxylic acids is 1. The summed E-state index contributed by atoms with van der Waals surface area (Å²) in [4.78, 5) is 11.9. The molecule has 2 rings (SSSR count). The topological polar surface area (TPSA) is 41.1 Å². The summed E-state index contributed by atoms with van der Waals surface area (Å²) in [7, 11) is 0. The van der Waals surface area contributed by atoms with E-state index >= 15 is 0 Å². The third kappa shape index (κ3) is 3.38. The zero-order valence-electron chi connectivity index (χ0n) is 9.13. The Morgan fingerprint density at radius 1 is 1.33 bits per heavy atom. The molecule has 2 fully saturated rings. The lowest BCUT2D eigenvalue weighted by Crippen LogP contribution is -2.46. The van der Waals surface area contributed by atoms with Gasteiger partial charge in [-0.2, -0.15) is 11.8 Å². The van der Waals surface area contributed by atoms with Crippen LogP contribution in [-0.4, -0.2) is 36.5 Å². The van der Waals surface area contributed by atoms with Crippen molar-refractivity contribution in [1.82, 2.24) is 10.6 Å². The first kappa shape index (κ1) is 11.3. The van der Waals surface area contributed by atoms with Crippen molar-refractivity contribution >= 4 is 17.7 Å². The Bertz CT molecular complexity index is 211. The first-order valence-electron chi connectivity index (χ1n) is 5.95. The number of amides is 1. The second-order valence-electron chi connectivity index (χ2n) is 4.47. The largest absolute Gasteiger partial charge is 0.352 e. The molecule has 0 saturated carbocycles. The maximum Gasteiger partial charge on any atom is 0.224 e. The number of hydrogen-bond acceptors (Lipinski definition) is 3. The quantitative estimate of drug-likeness (QED) is 0.741. The van der Waals surface area contributed by atoms with Gasteiger partial charge in [0.15, 0.2) is 0 Å². The molecule has 1 unspecified atom stereocenters. The minimum absolute atomic E-state index is 0.214. The lowest BCUT2D eigenvalue weighted by Gasteiger charge is -2.27. The van der Waals surface area contributed by atoms with Crippen LogP contribution in [0.2, 0.25) is 0 Å². The van der Waals surface area contributed by atoms with Crippen LogP contribution in [0.25, 0.3) is 0 Å². The van der Waals surface area contributed by atoms with Gasteiger partial charge in [0.2, 0.25) is 5.91 Å². The van der Waals surface area contributed by atoms with E-state index in [4.69, 9.17) is 0 Å². The standard InChI is InChI=1S/C11H20N2OS/c14-11(9-3-1-5-12-7-9)13-10-4-2-6-15-8-10/h9-10,12H,1-8H2,(H,13,14)/t9-,10?/m1/s1. The Kier molecular flexibility index (Phi) is 4.32. The molecule has 0 bridgehead atoms. The Morgan fingerprint density at radius 2 is 2.27 bits per heavy atom. The van der Waals surface area contributed by atoms with E-state index in [0.717, 1.165) is 31.7 Å². The molecule has 4 heteroatoms. The Hall–Kier alpha value is -0.220. The van der Waals surface area contributed by atoms with Gasteiger partial charge in [-0.05, 0) is 38.0 Å². The zero-order valence-corrected chi connectivity index (χ0v) is 9.94. The molecule has 2 aliphatic rings. The summed E-state index contributed by atoms with van der Waals surface area (Å²) in [6.07, 6.45) is 4.60. The van der Waals surface area contributed by atoms with Crippen LogP contribution in [0.5, 0.6) is 0 Å². The Labute approximate surface area is 95.8 Å². The molecule has 2 atom stereocenters. The van der Waals surface area contributed by atoms with E-state index in [2.05, 4.69) is 10.6 Å². The van der Waals surface area contributed by atoms with E-state index in [-0.39, 0.29) is 11.8 Å². The molecule has 0 aromatic rings. The number of nitrogens with one attached hydrogen (secondary N) is 2. The molecule has 2 N–H and O–H groups in total. The monoisotopic (exact) mass is 228 g/mol. The highest BCUT2D eigenvalue weighted by Gasteiger charge is 2.23. The van der Waals surface area contributed by atoms with E-state index in [0.29, 0.717) is 6.04 Å². The van der Waals surface area contributed by atoms with E-state index in [1.54, 1.807) is 0 Å². The fourth-order valence-electron chi connectivity index (χ4n) is 2.25. The van der Waals surface area contributed by atoms with Crippen LogP contribution >= 0.6 is 11.8 Å². The van der Waals surface area contributed by atoms with Crippen molar-refractivity contribution in [2.24, 2.45) is 5.92 Å². The summed E-state index contributed by atoms with van der Waals surface area (Å²) in [5.74, 6) is 2.85. The van der Waals surface area contributed by atoms with Crippen LogP contribution in [0.3, 0.4) is 0 Å². The fraction of sp³-hybridized carbons (Fsp3) is 0.909. The summed E-state index contributed by atoms with van der Waals surface area (Å²) >= 11 is 1.96. The van der Waals surface area contributed by atoms with Gasteiger partial charge < -0.3 is 10.6 Å². The van der Waals surface area contributed by atoms with Crippen molar-refractivity contribution in [3.63, 3.8) is 0 Å². The van der Waals surface area contributed by atoms with Crippen LogP contribution in [0.15, 0.2) is 0 Å². The van der Waals surface area contributed by atoms with Crippen LogP contribution in [0.1, 0.15) is 25.7 Å². The van der Waals surface area contributed by atoms with Crippen LogP contribution in [-0.2, 0) is 4.79 Å². The van der Waals surface area contributed by atoms with Gasteiger partial charge in [0, 0.05) is 18.3 Å². The van der Waals surface area contributed by atoms with E-state index in [1.165, 1.54) is 18.6 Å². The zero-order chi connectivity index (χ0) is 10.5. The molecule has 0 aliphatic carbocycles. The number of thioether (sulfide) groups is 1. The molecule has 15 heavy (non-hydrogen) atoms. The summed E-state index contributed by atoms with van der Waals surface area (Å²) in [6, 6.07) is 0.429. The van der Waals surface area contributed by atoms with Crippen molar-refractivity contribution in [1.29, 1.82) is 0 Å². The van der Waals surface area contributed by atoms with Crippen molar-refractivity contribution in [2.75, 3.05) is 24.6 Å². The second-order valence-corrected chi connectivity index (χ2v) is 5.62. The van der Waals surface area contributed by atoms with Gasteiger partial charge in [-0.25, -0.2) is 0 Å². The predicted octanol–water partition coefficient (Wildman–Crippen LogP) is 0.998. The third-order valence-electron chi connectivity index (χ3n) is 3.17. The van der Waals surface area contributed by atoms with Gasteiger partial charge in [0.05, 0.1) is 5.92 Å². The van der Waals surface area contributed by atoms with Crippen molar-refractivity contribution in [3.05, 3.63) is 0 Å². The lowest BCUT2D eigenvalue weighted by atomic mass is 9.98. The molecule has 86 valence electrons. The SMILES string of the molecule is O=C(NC1CCCSC1)[C@@H]1CCCNC1. The average molecular weight is 228 g/mol. The molecule has 0 aromatic carbocycles. The second kappa shape index (κ2) is 5.75.